The van der Waals surface area contributed by atoms with Crippen molar-refractivity contribution < 1.29 is 14.0 Å². The van der Waals surface area contributed by atoms with E-state index in [1.54, 1.807) is 18.2 Å². The van der Waals surface area contributed by atoms with E-state index in [1.165, 1.54) is 18.0 Å². The lowest BCUT2D eigenvalue weighted by atomic mass is 10.1. The van der Waals surface area contributed by atoms with E-state index in [0.29, 0.717) is 22.3 Å². The fourth-order valence-electron chi connectivity index (χ4n) is 2.82. The fourth-order valence-corrected chi connectivity index (χ4v) is 3.13. The van der Waals surface area contributed by atoms with Crippen LogP contribution in [0.3, 0.4) is 0 Å². The Morgan fingerprint density at radius 2 is 1.96 bits per heavy atom. The second-order valence-corrected chi connectivity index (χ2v) is 6.23. The molecule has 1 saturated heterocycles. The topological polar surface area (TPSA) is 95.1 Å². The van der Waals surface area contributed by atoms with Crippen molar-refractivity contribution in [3.63, 3.8) is 0 Å². The lowest BCUT2D eigenvalue weighted by molar-refractivity contribution is -0.124. The Hall–Kier alpha value is -3.07. The molecular weight excluding hydrogens is 363 g/mol. The molecule has 2 aromatic heterocycles. The smallest absolute Gasteiger partial charge is 0.309 e. The number of likely N-dealkylation sites (N-methyl/N-ethyl adjacent to an activating group) is 1. The van der Waals surface area contributed by atoms with Crippen molar-refractivity contribution in [3.05, 3.63) is 40.9 Å². The molecule has 1 aromatic carbocycles. The minimum Gasteiger partial charge on any atom is -0.309 e. The number of carbonyl (C=O) groups excluding carboxylic acids is 2. The number of hydrogen-bond donors (Lipinski definition) is 1. The zero-order chi connectivity index (χ0) is 18.4. The number of hydrogen-bond acceptors (Lipinski definition) is 5. The molecule has 8 nitrogen and oxygen atoms in total. The van der Waals surface area contributed by atoms with Crippen LogP contribution < -0.4 is 0 Å². The van der Waals surface area contributed by atoms with Crippen molar-refractivity contribution in [1.82, 2.24) is 30.2 Å². The van der Waals surface area contributed by atoms with Crippen LogP contribution >= 0.6 is 11.6 Å². The maximum absolute atomic E-state index is 14.6. The van der Waals surface area contributed by atoms with Crippen LogP contribution in [0.25, 0.3) is 22.2 Å². The van der Waals surface area contributed by atoms with Crippen LogP contribution in [0.2, 0.25) is 5.02 Å². The number of imide groups is 1. The van der Waals surface area contributed by atoms with Crippen LogP contribution in [0.5, 0.6) is 0 Å². The lowest BCUT2D eigenvalue weighted by Crippen LogP contribution is -2.29. The van der Waals surface area contributed by atoms with Crippen molar-refractivity contribution in [3.8, 4) is 11.1 Å². The summed E-state index contributed by atoms with van der Waals surface area (Å²) in [5.41, 5.74) is 2.00. The molecule has 4 rings (SSSR count). The van der Waals surface area contributed by atoms with Crippen LogP contribution in [0.4, 0.5) is 9.18 Å². The number of nitrogens with zero attached hydrogens (tertiary/aromatic N) is 5. The summed E-state index contributed by atoms with van der Waals surface area (Å²) in [7, 11) is 1.41. The molecule has 3 amide bonds. The predicted molar refractivity (Wildman–Crippen MR) is 90.7 cm³/mol. The van der Waals surface area contributed by atoms with Crippen LogP contribution in [0, 0.1) is 5.95 Å². The highest BCUT2D eigenvalue weighted by molar-refractivity contribution is 6.37. The third-order valence-electron chi connectivity index (χ3n) is 4.23. The zero-order valence-corrected chi connectivity index (χ0v) is 14.3. The quantitative estimate of drug-likeness (QED) is 0.560. The molecule has 0 spiro atoms. The van der Waals surface area contributed by atoms with E-state index in [9.17, 15) is 14.0 Å². The van der Waals surface area contributed by atoms with Gasteiger partial charge in [0.25, 0.3) is 0 Å². The Balaban J connectivity index is 1.65. The predicted octanol–water partition coefficient (Wildman–Crippen LogP) is 2.21. The first-order chi connectivity index (χ1) is 12.5. The van der Waals surface area contributed by atoms with Gasteiger partial charge in [-0.1, -0.05) is 17.7 Å². The van der Waals surface area contributed by atoms with Crippen molar-refractivity contribution in [2.45, 2.75) is 6.54 Å². The minimum absolute atomic E-state index is 0.0438. The average Bonchev–Trinajstić information content (AvgIpc) is 3.18. The molecule has 132 valence electrons. The molecular formula is C16H12ClFN6O2. The highest BCUT2D eigenvalue weighted by Crippen LogP contribution is 2.33. The molecule has 0 saturated carbocycles. The molecule has 3 heterocycles. The van der Waals surface area contributed by atoms with Gasteiger partial charge in [-0.15, -0.1) is 0 Å². The van der Waals surface area contributed by atoms with Gasteiger partial charge in [0.15, 0.2) is 0 Å². The number of urea groups is 1. The molecule has 0 atom stereocenters. The lowest BCUT2D eigenvalue weighted by Gasteiger charge is -2.14. The van der Waals surface area contributed by atoms with Gasteiger partial charge in [-0.25, -0.2) is 9.78 Å². The second-order valence-electron chi connectivity index (χ2n) is 5.85. The maximum atomic E-state index is 14.6. The van der Waals surface area contributed by atoms with Gasteiger partial charge < -0.3 is 4.90 Å². The Morgan fingerprint density at radius 1 is 1.19 bits per heavy atom. The van der Waals surface area contributed by atoms with E-state index < -0.39 is 12.0 Å². The van der Waals surface area contributed by atoms with E-state index in [4.69, 9.17) is 11.6 Å². The van der Waals surface area contributed by atoms with Crippen molar-refractivity contribution in [2.75, 3.05) is 13.6 Å². The third-order valence-corrected chi connectivity index (χ3v) is 4.62. The van der Waals surface area contributed by atoms with Crippen molar-refractivity contribution in [2.24, 2.45) is 0 Å². The first-order valence-electron chi connectivity index (χ1n) is 7.66. The van der Waals surface area contributed by atoms with Crippen LogP contribution in [-0.4, -0.2) is 55.7 Å². The van der Waals surface area contributed by atoms with E-state index >= 15 is 0 Å². The number of rotatable bonds is 3. The zero-order valence-electron chi connectivity index (χ0n) is 13.5. The van der Waals surface area contributed by atoms with E-state index in [2.05, 4.69) is 20.4 Å². The summed E-state index contributed by atoms with van der Waals surface area (Å²) in [6.45, 7) is -0.00277. The van der Waals surface area contributed by atoms with Gasteiger partial charge in [-0.2, -0.15) is 19.8 Å². The monoisotopic (exact) mass is 374 g/mol. The molecule has 0 unspecified atom stereocenters. The Labute approximate surface area is 151 Å². The van der Waals surface area contributed by atoms with Gasteiger partial charge in [0, 0.05) is 18.2 Å². The number of amides is 3. The van der Waals surface area contributed by atoms with E-state index in [0.717, 1.165) is 4.90 Å². The summed E-state index contributed by atoms with van der Waals surface area (Å²) in [6.07, 6.45) is 0. The molecule has 1 fully saturated rings. The van der Waals surface area contributed by atoms with E-state index in [-0.39, 0.29) is 29.6 Å². The maximum Gasteiger partial charge on any atom is 0.327 e. The number of nitrogens with one attached hydrogen (secondary N) is 1. The number of aromatic nitrogens is 4. The Bertz CT molecular complexity index is 1050. The van der Waals surface area contributed by atoms with Crippen molar-refractivity contribution in [1.29, 1.82) is 0 Å². The summed E-state index contributed by atoms with van der Waals surface area (Å²) in [4.78, 5) is 29.7. The number of H-pyrrole nitrogens is 1. The van der Waals surface area contributed by atoms with Crippen LogP contribution in [0.15, 0.2) is 24.3 Å². The fraction of sp³-hybridized carbons (Fsp3) is 0.188. The number of pyridine rings is 1. The molecule has 0 radical (unpaired) electrons. The number of halogens is 2. The van der Waals surface area contributed by atoms with Gasteiger partial charge in [-0.3, -0.25) is 9.69 Å². The van der Waals surface area contributed by atoms with Gasteiger partial charge in [0.1, 0.15) is 17.6 Å². The van der Waals surface area contributed by atoms with E-state index in [1.807, 2.05) is 0 Å². The molecule has 3 aromatic rings. The molecule has 1 N–H and O–H groups in total. The summed E-state index contributed by atoms with van der Waals surface area (Å²) >= 11 is 6.31. The summed E-state index contributed by atoms with van der Waals surface area (Å²) in [5.74, 6) is -1.03. The van der Waals surface area contributed by atoms with Gasteiger partial charge in [-0.05, 0) is 18.2 Å². The number of fused-ring (bicyclic) bond motifs is 1. The van der Waals surface area contributed by atoms with Gasteiger partial charge in [0.05, 0.1) is 17.3 Å². The molecule has 26 heavy (non-hydrogen) atoms. The summed E-state index contributed by atoms with van der Waals surface area (Å²) < 4.78 is 14.6. The normalized spacial score (nSPS) is 14.7. The van der Waals surface area contributed by atoms with Gasteiger partial charge in [0.2, 0.25) is 11.9 Å². The molecule has 1 aliphatic heterocycles. The number of benzene rings is 1. The largest absolute Gasteiger partial charge is 0.327 e. The van der Waals surface area contributed by atoms with Crippen molar-refractivity contribution >= 4 is 34.6 Å². The first kappa shape index (κ1) is 16.4. The third kappa shape index (κ3) is 2.57. The SMILES string of the molecule is CN1C(=O)CN(Cc2ccc(-c3ccc4n[nH]nc4c3Cl)c(F)n2)C1=O. The number of aromatic amines is 1. The molecule has 1 aliphatic rings. The highest BCUT2D eigenvalue weighted by Gasteiger charge is 2.33. The first-order valence-corrected chi connectivity index (χ1v) is 8.03. The molecule has 0 bridgehead atoms. The highest BCUT2D eigenvalue weighted by atomic mass is 35.5. The standard InChI is InChI=1S/C16H12ClFN6O2/c1-23-12(25)7-24(16(23)26)6-8-2-3-10(15(18)19-8)9-4-5-11-14(13(9)17)21-22-20-11/h2-5H,6-7H2,1H3,(H,20,21,22). The molecule has 0 aliphatic carbocycles. The molecule has 10 heteroatoms. The average molecular weight is 375 g/mol. The van der Waals surface area contributed by atoms with Gasteiger partial charge >= 0.3 is 6.03 Å². The minimum atomic E-state index is -0.724. The summed E-state index contributed by atoms with van der Waals surface area (Å²) in [5, 5.41) is 10.6. The van der Waals surface area contributed by atoms with Crippen LogP contribution in [-0.2, 0) is 11.3 Å². The summed E-state index contributed by atoms with van der Waals surface area (Å²) in [6, 6.07) is 6.03. The number of carbonyl (C=O) groups is 2. The second kappa shape index (κ2) is 6.03. The Kier molecular flexibility index (Phi) is 3.80. The Morgan fingerprint density at radius 3 is 2.65 bits per heavy atom. The van der Waals surface area contributed by atoms with Crippen LogP contribution in [0.1, 0.15) is 5.69 Å².